The van der Waals surface area contributed by atoms with E-state index in [0.29, 0.717) is 0 Å². The van der Waals surface area contributed by atoms with Gasteiger partial charge in [0, 0.05) is 17.0 Å². The van der Waals surface area contributed by atoms with Gasteiger partial charge in [-0.1, -0.05) is 159 Å². The number of hydrogen-bond acceptors (Lipinski definition) is 1. The minimum Gasteiger partial charge on any atom is -0.310 e. The SMILES string of the molecule is CC1(C)c2ccccc2N(c2ccc3c4c(c5ccccc5c3c2)=C(C2=CC=CCC2)CC(c2ccccc2)C=4c2ccccc2)c2ccccc21. The van der Waals surface area contributed by atoms with Crippen molar-refractivity contribution < 1.29 is 0 Å². The highest BCUT2D eigenvalue weighted by Crippen LogP contribution is 2.52. The second-order valence-electron chi connectivity index (χ2n) is 15.1. The first kappa shape index (κ1) is 30.9. The first-order valence-corrected chi connectivity index (χ1v) is 18.8. The second kappa shape index (κ2) is 12.1. The molecule has 0 radical (unpaired) electrons. The number of rotatable bonds is 4. The van der Waals surface area contributed by atoms with Crippen molar-refractivity contribution in [2.75, 3.05) is 4.90 Å². The summed E-state index contributed by atoms with van der Waals surface area (Å²) in [5.74, 6) is 0.227. The Balaban J connectivity index is 1.36. The fraction of sp³-hybridized carbons (Fsp3) is 0.137. The van der Waals surface area contributed by atoms with Gasteiger partial charge in [0.15, 0.2) is 0 Å². The van der Waals surface area contributed by atoms with Crippen molar-refractivity contribution in [2.24, 2.45) is 0 Å². The highest BCUT2D eigenvalue weighted by Gasteiger charge is 2.37. The van der Waals surface area contributed by atoms with Crippen LogP contribution in [0.2, 0.25) is 0 Å². The molecule has 1 heterocycles. The molecule has 7 aromatic carbocycles. The maximum atomic E-state index is 2.49. The van der Waals surface area contributed by atoms with Crippen molar-refractivity contribution in [2.45, 2.75) is 44.4 Å². The summed E-state index contributed by atoms with van der Waals surface area (Å²) in [6.45, 7) is 4.72. The van der Waals surface area contributed by atoms with Crippen LogP contribution < -0.4 is 15.3 Å². The Morgan fingerprint density at radius 3 is 1.88 bits per heavy atom. The van der Waals surface area contributed by atoms with Gasteiger partial charge in [0.05, 0.1) is 11.4 Å². The van der Waals surface area contributed by atoms with Crippen molar-refractivity contribution in [1.82, 2.24) is 0 Å². The molecule has 0 N–H and O–H groups in total. The van der Waals surface area contributed by atoms with Crippen LogP contribution in [0.3, 0.4) is 0 Å². The maximum Gasteiger partial charge on any atom is 0.0502 e. The van der Waals surface area contributed by atoms with Crippen molar-refractivity contribution >= 4 is 49.8 Å². The van der Waals surface area contributed by atoms with Crippen LogP contribution in [-0.2, 0) is 5.41 Å². The van der Waals surface area contributed by atoms with Gasteiger partial charge in [-0.2, -0.15) is 0 Å². The normalized spacial score (nSPS) is 17.5. The molecule has 10 rings (SSSR count). The molecule has 1 atom stereocenters. The highest BCUT2D eigenvalue weighted by atomic mass is 15.2. The van der Waals surface area contributed by atoms with Gasteiger partial charge < -0.3 is 4.90 Å². The van der Waals surface area contributed by atoms with Crippen molar-refractivity contribution in [3.8, 4) is 0 Å². The first-order chi connectivity index (χ1) is 25.6. The number of para-hydroxylation sites is 2. The van der Waals surface area contributed by atoms with Gasteiger partial charge in [-0.3, -0.25) is 0 Å². The predicted octanol–water partition coefficient (Wildman–Crippen LogP) is 11.9. The van der Waals surface area contributed by atoms with Crippen molar-refractivity contribution in [1.29, 1.82) is 0 Å². The van der Waals surface area contributed by atoms with Crippen LogP contribution in [0.15, 0.2) is 175 Å². The van der Waals surface area contributed by atoms with Crippen molar-refractivity contribution in [3.05, 3.63) is 208 Å². The Hall–Kier alpha value is -5.92. The number of benzene rings is 7. The number of nitrogens with zero attached hydrogens (tertiary/aromatic N) is 1. The molecule has 1 heteroatoms. The minimum atomic E-state index is -0.104. The maximum absolute atomic E-state index is 2.49. The molecule has 0 fully saturated rings. The van der Waals surface area contributed by atoms with Crippen LogP contribution in [0.1, 0.15) is 61.3 Å². The lowest BCUT2D eigenvalue weighted by molar-refractivity contribution is 0.632. The standard InChI is InChI=1S/C51H41N/c1-51(2)44-26-14-16-28-46(44)52(47-29-17-15-27-45(47)51)37-30-31-40-43(32-37)38-24-12-13-25-39(38)49-42(35-20-8-4-9-21-35)33-41(34-18-6-3-7-19-34)48(50(40)49)36-22-10-5-11-23-36/h3-8,10-20,22-32,41H,9,21,33H2,1-2H3. The van der Waals surface area contributed by atoms with Crippen LogP contribution in [0.5, 0.6) is 0 Å². The molecule has 0 aromatic heterocycles. The number of anilines is 3. The molecule has 250 valence electrons. The molecule has 0 spiro atoms. The van der Waals surface area contributed by atoms with Crippen LogP contribution in [-0.4, -0.2) is 0 Å². The third-order valence-electron chi connectivity index (χ3n) is 11.9. The van der Waals surface area contributed by atoms with E-state index in [2.05, 4.69) is 189 Å². The van der Waals surface area contributed by atoms with Gasteiger partial charge >= 0.3 is 0 Å². The third kappa shape index (κ3) is 4.69. The molecule has 1 nitrogen and oxygen atoms in total. The molecular weight excluding hydrogens is 627 g/mol. The van der Waals surface area contributed by atoms with E-state index in [1.165, 1.54) is 88.0 Å². The van der Waals surface area contributed by atoms with Gasteiger partial charge in [-0.25, -0.2) is 0 Å². The Morgan fingerprint density at radius 2 is 1.19 bits per heavy atom. The predicted molar refractivity (Wildman–Crippen MR) is 220 cm³/mol. The van der Waals surface area contributed by atoms with E-state index in [0.717, 1.165) is 19.3 Å². The van der Waals surface area contributed by atoms with E-state index in [1.54, 1.807) is 0 Å². The molecule has 1 unspecified atom stereocenters. The molecule has 0 saturated carbocycles. The van der Waals surface area contributed by atoms with Crippen LogP contribution in [0.25, 0.3) is 32.7 Å². The van der Waals surface area contributed by atoms with E-state index < -0.39 is 0 Å². The monoisotopic (exact) mass is 667 g/mol. The molecule has 0 bridgehead atoms. The summed E-state index contributed by atoms with van der Waals surface area (Å²) < 4.78 is 0. The fourth-order valence-corrected chi connectivity index (χ4v) is 9.52. The van der Waals surface area contributed by atoms with Crippen LogP contribution in [0, 0.1) is 0 Å². The van der Waals surface area contributed by atoms with E-state index >= 15 is 0 Å². The minimum absolute atomic E-state index is 0.104. The number of fused-ring (bicyclic) bond motifs is 8. The van der Waals surface area contributed by atoms with Crippen LogP contribution in [0.4, 0.5) is 17.1 Å². The smallest absolute Gasteiger partial charge is 0.0502 e. The van der Waals surface area contributed by atoms with E-state index in [4.69, 9.17) is 0 Å². The second-order valence-corrected chi connectivity index (χ2v) is 15.1. The number of allylic oxidation sites excluding steroid dienone is 4. The van der Waals surface area contributed by atoms with E-state index in [-0.39, 0.29) is 11.3 Å². The lowest BCUT2D eigenvalue weighted by atomic mass is 9.73. The summed E-state index contributed by atoms with van der Waals surface area (Å²) in [6, 6.07) is 56.8. The quantitative estimate of drug-likeness (QED) is 0.169. The zero-order valence-electron chi connectivity index (χ0n) is 29.8. The van der Waals surface area contributed by atoms with Gasteiger partial charge in [0.25, 0.3) is 0 Å². The van der Waals surface area contributed by atoms with Crippen molar-refractivity contribution in [3.63, 3.8) is 0 Å². The Morgan fingerprint density at radius 1 is 0.577 bits per heavy atom. The molecule has 1 aliphatic heterocycles. The van der Waals surface area contributed by atoms with Gasteiger partial charge in [-0.05, 0) is 114 Å². The summed E-state index contributed by atoms with van der Waals surface area (Å²) in [4.78, 5) is 2.49. The molecule has 7 aromatic rings. The molecule has 0 amide bonds. The molecule has 0 saturated heterocycles. The molecule has 2 aliphatic carbocycles. The van der Waals surface area contributed by atoms with Crippen LogP contribution >= 0.6 is 0 Å². The summed E-state index contributed by atoms with van der Waals surface area (Å²) in [7, 11) is 0. The largest absolute Gasteiger partial charge is 0.310 e. The summed E-state index contributed by atoms with van der Waals surface area (Å²) in [6.07, 6.45) is 10.1. The van der Waals surface area contributed by atoms with Gasteiger partial charge in [0.2, 0.25) is 0 Å². The Bertz CT molecular complexity index is 2680. The molecule has 52 heavy (non-hydrogen) atoms. The van der Waals surface area contributed by atoms with Gasteiger partial charge in [0.1, 0.15) is 0 Å². The summed E-state index contributed by atoms with van der Waals surface area (Å²) in [5, 5.41) is 8.07. The highest BCUT2D eigenvalue weighted by molar-refractivity contribution is 6.12. The molecular formula is C51H41N. The lowest BCUT2D eigenvalue weighted by Gasteiger charge is -2.42. The summed E-state index contributed by atoms with van der Waals surface area (Å²) >= 11 is 0. The fourth-order valence-electron chi connectivity index (χ4n) is 9.52. The average Bonchev–Trinajstić information content (AvgIpc) is 3.21. The zero-order chi connectivity index (χ0) is 34.8. The Kier molecular flexibility index (Phi) is 7.18. The molecule has 3 aliphatic rings. The summed E-state index contributed by atoms with van der Waals surface area (Å²) in [5.41, 5.74) is 13.4. The van der Waals surface area contributed by atoms with E-state index in [9.17, 15) is 0 Å². The number of hydrogen-bond donors (Lipinski definition) is 0. The van der Waals surface area contributed by atoms with E-state index in [1.807, 2.05) is 0 Å². The average molecular weight is 668 g/mol. The first-order valence-electron chi connectivity index (χ1n) is 18.8. The topological polar surface area (TPSA) is 3.24 Å². The van der Waals surface area contributed by atoms with Gasteiger partial charge in [-0.15, -0.1) is 0 Å². The lowest BCUT2D eigenvalue weighted by Crippen LogP contribution is -2.37. The third-order valence-corrected chi connectivity index (χ3v) is 11.9. The zero-order valence-corrected chi connectivity index (χ0v) is 29.8. The Labute approximate surface area is 306 Å².